The van der Waals surface area contributed by atoms with E-state index in [0.29, 0.717) is 11.4 Å². The molecule has 0 aliphatic rings. The molecule has 1 rings (SSSR count). The standard InChI is InChI=1S/C17H25NO2S/c1-5-12-18-13-16(6-2)14(3)15(4)21(19,20)17-10-8-7-9-11-17/h2,7-11,14-16,18H,5,12-13H2,1,3-4H3. The number of terminal acetylenes is 1. The fourth-order valence-corrected chi connectivity index (χ4v) is 3.99. The SMILES string of the molecule is C#CC(CNCCC)C(C)C(C)S(=O)(=O)c1ccccc1. The van der Waals surface area contributed by atoms with Crippen LogP contribution in [0.3, 0.4) is 0 Å². The van der Waals surface area contributed by atoms with Gasteiger partial charge in [-0.25, -0.2) is 8.42 Å². The molecule has 3 unspecified atom stereocenters. The third kappa shape index (κ3) is 4.59. The van der Waals surface area contributed by atoms with Gasteiger partial charge in [-0.15, -0.1) is 12.3 Å². The average Bonchev–Trinajstić information content (AvgIpc) is 2.51. The van der Waals surface area contributed by atoms with Crippen LogP contribution in [0.4, 0.5) is 0 Å². The van der Waals surface area contributed by atoms with E-state index < -0.39 is 15.1 Å². The first kappa shape index (κ1) is 17.7. The second kappa shape index (κ2) is 8.21. The zero-order valence-electron chi connectivity index (χ0n) is 13.0. The van der Waals surface area contributed by atoms with Crippen molar-refractivity contribution in [2.24, 2.45) is 11.8 Å². The number of sulfone groups is 1. The van der Waals surface area contributed by atoms with E-state index in [4.69, 9.17) is 6.42 Å². The van der Waals surface area contributed by atoms with Gasteiger partial charge >= 0.3 is 0 Å². The molecular weight excluding hydrogens is 282 g/mol. The van der Waals surface area contributed by atoms with Gasteiger partial charge in [0.1, 0.15) is 0 Å². The molecule has 21 heavy (non-hydrogen) atoms. The summed E-state index contributed by atoms with van der Waals surface area (Å²) < 4.78 is 25.3. The van der Waals surface area contributed by atoms with Crippen LogP contribution in [0.2, 0.25) is 0 Å². The summed E-state index contributed by atoms with van der Waals surface area (Å²) in [6.45, 7) is 7.30. The van der Waals surface area contributed by atoms with Crippen molar-refractivity contribution in [3.05, 3.63) is 30.3 Å². The number of hydrogen-bond donors (Lipinski definition) is 1. The Bertz CT molecular complexity index is 560. The number of nitrogens with one attached hydrogen (secondary N) is 1. The Morgan fingerprint density at radius 2 is 1.86 bits per heavy atom. The molecule has 0 saturated heterocycles. The molecule has 0 radical (unpaired) electrons. The summed E-state index contributed by atoms with van der Waals surface area (Å²) in [5.74, 6) is 2.54. The summed E-state index contributed by atoms with van der Waals surface area (Å²) in [5, 5.41) is 2.77. The summed E-state index contributed by atoms with van der Waals surface area (Å²) in [6, 6.07) is 8.57. The molecule has 0 aliphatic heterocycles. The number of hydrogen-bond acceptors (Lipinski definition) is 3. The van der Waals surface area contributed by atoms with Crippen LogP contribution in [0.25, 0.3) is 0 Å². The van der Waals surface area contributed by atoms with Crippen molar-refractivity contribution in [3.63, 3.8) is 0 Å². The molecule has 1 aromatic carbocycles. The summed E-state index contributed by atoms with van der Waals surface area (Å²) in [6.07, 6.45) is 6.62. The molecule has 0 fully saturated rings. The monoisotopic (exact) mass is 307 g/mol. The Kier molecular flexibility index (Phi) is 6.94. The van der Waals surface area contributed by atoms with Gasteiger partial charge in [0.25, 0.3) is 0 Å². The molecule has 1 aromatic rings. The minimum atomic E-state index is -3.35. The Hall–Kier alpha value is -1.31. The lowest BCUT2D eigenvalue weighted by atomic mass is 9.92. The Labute approximate surface area is 129 Å². The van der Waals surface area contributed by atoms with E-state index in [1.165, 1.54) is 0 Å². The van der Waals surface area contributed by atoms with E-state index in [0.717, 1.165) is 13.0 Å². The van der Waals surface area contributed by atoms with Gasteiger partial charge in [-0.1, -0.05) is 32.0 Å². The third-order valence-electron chi connectivity index (χ3n) is 3.94. The maximum atomic E-state index is 12.6. The van der Waals surface area contributed by atoms with Gasteiger partial charge in [0, 0.05) is 12.5 Å². The van der Waals surface area contributed by atoms with Gasteiger partial charge in [-0.05, 0) is 37.9 Å². The van der Waals surface area contributed by atoms with Gasteiger partial charge < -0.3 is 5.32 Å². The highest BCUT2D eigenvalue weighted by Gasteiger charge is 2.32. The van der Waals surface area contributed by atoms with Crippen molar-refractivity contribution in [2.45, 2.75) is 37.3 Å². The Balaban J connectivity index is 2.85. The molecule has 3 atom stereocenters. The molecule has 3 nitrogen and oxygen atoms in total. The van der Waals surface area contributed by atoms with E-state index in [1.54, 1.807) is 31.2 Å². The van der Waals surface area contributed by atoms with Crippen LogP contribution in [-0.4, -0.2) is 26.8 Å². The first-order chi connectivity index (χ1) is 9.95. The minimum Gasteiger partial charge on any atom is -0.316 e. The first-order valence-electron chi connectivity index (χ1n) is 7.41. The van der Waals surface area contributed by atoms with Crippen molar-refractivity contribution < 1.29 is 8.42 Å². The zero-order chi connectivity index (χ0) is 15.9. The molecule has 0 bridgehead atoms. The minimum absolute atomic E-state index is 0.0926. The van der Waals surface area contributed by atoms with Gasteiger partial charge in [0.15, 0.2) is 9.84 Å². The normalized spacial score (nSPS) is 15.9. The van der Waals surface area contributed by atoms with Gasteiger partial charge in [-0.3, -0.25) is 0 Å². The predicted octanol–water partition coefficient (Wildman–Crippen LogP) is 2.73. The van der Waals surface area contributed by atoms with Crippen molar-refractivity contribution in [1.82, 2.24) is 5.32 Å². The topological polar surface area (TPSA) is 46.2 Å². The number of rotatable bonds is 8. The summed E-state index contributed by atoms with van der Waals surface area (Å²) in [4.78, 5) is 0.363. The molecule has 0 aliphatic carbocycles. The maximum Gasteiger partial charge on any atom is 0.181 e. The van der Waals surface area contributed by atoms with E-state index >= 15 is 0 Å². The van der Waals surface area contributed by atoms with Crippen molar-refractivity contribution in [1.29, 1.82) is 0 Å². The summed E-state index contributed by atoms with van der Waals surface area (Å²) >= 11 is 0. The van der Waals surface area contributed by atoms with Crippen LogP contribution in [0.5, 0.6) is 0 Å². The second-order valence-corrected chi connectivity index (χ2v) is 7.70. The van der Waals surface area contributed by atoms with E-state index in [1.807, 2.05) is 13.0 Å². The van der Waals surface area contributed by atoms with Crippen molar-refractivity contribution in [2.75, 3.05) is 13.1 Å². The quantitative estimate of drug-likeness (QED) is 0.593. The smallest absolute Gasteiger partial charge is 0.181 e. The lowest BCUT2D eigenvalue weighted by Crippen LogP contribution is -2.35. The van der Waals surface area contributed by atoms with E-state index in [-0.39, 0.29) is 11.8 Å². The van der Waals surface area contributed by atoms with Gasteiger partial charge in [0.2, 0.25) is 0 Å². The summed E-state index contributed by atoms with van der Waals surface area (Å²) in [7, 11) is -3.35. The molecule has 0 amide bonds. The second-order valence-electron chi connectivity index (χ2n) is 5.40. The van der Waals surface area contributed by atoms with Crippen LogP contribution >= 0.6 is 0 Å². The van der Waals surface area contributed by atoms with Crippen LogP contribution in [0.1, 0.15) is 27.2 Å². The van der Waals surface area contributed by atoms with Crippen LogP contribution in [-0.2, 0) is 9.84 Å². The molecule has 116 valence electrons. The van der Waals surface area contributed by atoms with Gasteiger partial charge in [0.05, 0.1) is 10.1 Å². The molecule has 0 aromatic heterocycles. The molecule has 4 heteroatoms. The molecule has 0 saturated carbocycles. The van der Waals surface area contributed by atoms with E-state index in [9.17, 15) is 8.42 Å². The lowest BCUT2D eigenvalue weighted by molar-refractivity contribution is 0.402. The van der Waals surface area contributed by atoms with Gasteiger partial charge in [-0.2, -0.15) is 0 Å². The fourth-order valence-electron chi connectivity index (χ4n) is 2.27. The van der Waals surface area contributed by atoms with Crippen LogP contribution in [0, 0.1) is 24.2 Å². The highest BCUT2D eigenvalue weighted by atomic mass is 32.2. The lowest BCUT2D eigenvalue weighted by Gasteiger charge is -2.25. The van der Waals surface area contributed by atoms with Crippen LogP contribution in [0.15, 0.2) is 35.2 Å². The van der Waals surface area contributed by atoms with Crippen molar-refractivity contribution >= 4 is 9.84 Å². The first-order valence-corrected chi connectivity index (χ1v) is 8.95. The molecular formula is C17H25NO2S. The average molecular weight is 307 g/mol. The van der Waals surface area contributed by atoms with E-state index in [2.05, 4.69) is 18.2 Å². The maximum absolute atomic E-state index is 12.6. The Morgan fingerprint density at radius 1 is 1.24 bits per heavy atom. The fraction of sp³-hybridized carbons (Fsp3) is 0.529. The zero-order valence-corrected chi connectivity index (χ0v) is 13.9. The van der Waals surface area contributed by atoms with Crippen molar-refractivity contribution in [3.8, 4) is 12.3 Å². The summed E-state index contributed by atoms with van der Waals surface area (Å²) in [5.41, 5.74) is 0. The van der Waals surface area contributed by atoms with Crippen LogP contribution < -0.4 is 5.32 Å². The Morgan fingerprint density at radius 3 is 2.38 bits per heavy atom. The molecule has 1 N–H and O–H groups in total. The molecule has 0 spiro atoms. The predicted molar refractivity (Wildman–Crippen MR) is 87.7 cm³/mol. The largest absolute Gasteiger partial charge is 0.316 e. The number of benzene rings is 1. The highest BCUT2D eigenvalue weighted by molar-refractivity contribution is 7.92. The highest BCUT2D eigenvalue weighted by Crippen LogP contribution is 2.25. The molecule has 0 heterocycles. The third-order valence-corrected chi connectivity index (χ3v) is 6.28.